The average Bonchev–Trinajstić information content (AvgIpc) is 2.58. The van der Waals surface area contributed by atoms with Crippen molar-refractivity contribution in [2.45, 2.75) is 32.7 Å². The summed E-state index contributed by atoms with van der Waals surface area (Å²) in [5.41, 5.74) is -0.239. The molecule has 1 fully saturated rings. The van der Waals surface area contributed by atoms with Crippen LogP contribution in [0, 0.1) is 5.92 Å². The number of amides is 2. The third-order valence-corrected chi connectivity index (χ3v) is 2.71. The Balaban J connectivity index is 2.75. The highest BCUT2D eigenvalue weighted by atomic mass is 16.2. The van der Waals surface area contributed by atoms with E-state index in [1.807, 2.05) is 20.8 Å². The van der Waals surface area contributed by atoms with Crippen molar-refractivity contribution in [2.24, 2.45) is 5.92 Å². The molecule has 0 aliphatic carbocycles. The summed E-state index contributed by atoms with van der Waals surface area (Å²) in [5, 5.41) is 2.69. The number of hydrogen-bond donors (Lipinski definition) is 1. The zero-order chi connectivity index (χ0) is 12.3. The molecule has 0 aromatic carbocycles. The molecule has 0 bridgehead atoms. The Bertz CT molecular complexity index is 305. The van der Waals surface area contributed by atoms with Crippen LogP contribution in [0.25, 0.3) is 0 Å². The lowest BCUT2D eigenvalue weighted by atomic mass is 10.0. The summed E-state index contributed by atoms with van der Waals surface area (Å²) >= 11 is 0. The Morgan fingerprint density at radius 2 is 2.25 bits per heavy atom. The SMILES string of the molecule is C=CCN(C(=O)C1CNC(=O)C1)C(C)(C)C. The molecule has 1 unspecified atom stereocenters. The van der Waals surface area contributed by atoms with Crippen molar-refractivity contribution in [1.82, 2.24) is 10.2 Å². The van der Waals surface area contributed by atoms with E-state index in [1.54, 1.807) is 11.0 Å². The number of nitrogens with zero attached hydrogens (tertiary/aromatic N) is 1. The van der Waals surface area contributed by atoms with Gasteiger partial charge in [0.2, 0.25) is 11.8 Å². The lowest BCUT2D eigenvalue weighted by Crippen LogP contribution is -2.48. The van der Waals surface area contributed by atoms with Gasteiger partial charge in [0.15, 0.2) is 0 Å². The lowest BCUT2D eigenvalue weighted by molar-refractivity contribution is -0.139. The molecule has 0 radical (unpaired) electrons. The van der Waals surface area contributed by atoms with Crippen molar-refractivity contribution < 1.29 is 9.59 Å². The maximum Gasteiger partial charge on any atom is 0.228 e. The maximum absolute atomic E-state index is 12.2. The van der Waals surface area contributed by atoms with Gasteiger partial charge in [-0.2, -0.15) is 0 Å². The second-order valence-electron chi connectivity index (χ2n) is 5.11. The molecule has 90 valence electrons. The van der Waals surface area contributed by atoms with Gasteiger partial charge in [0.05, 0.1) is 5.92 Å². The van der Waals surface area contributed by atoms with Gasteiger partial charge in [-0.3, -0.25) is 9.59 Å². The third-order valence-electron chi connectivity index (χ3n) is 2.71. The van der Waals surface area contributed by atoms with Crippen molar-refractivity contribution >= 4 is 11.8 Å². The van der Waals surface area contributed by atoms with Gasteiger partial charge in [0, 0.05) is 25.0 Å². The molecule has 0 aromatic heterocycles. The van der Waals surface area contributed by atoms with Crippen molar-refractivity contribution in [3.05, 3.63) is 12.7 Å². The van der Waals surface area contributed by atoms with E-state index in [1.165, 1.54) is 0 Å². The van der Waals surface area contributed by atoms with E-state index in [-0.39, 0.29) is 23.3 Å². The highest BCUT2D eigenvalue weighted by Gasteiger charge is 2.35. The molecular formula is C12H20N2O2. The summed E-state index contributed by atoms with van der Waals surface area (Å²) in [6.45, 7) is 10.6. The fraction of sp³-hybridized carbons (Fsp3) is 0.667. The van der Waals surface area contributed by atoms with E-state index in [9.17, 15) is 9.59 Å². The molecule has 1 atom stereocenters. The van der Waals surface area contributed by atoms with Crippen LogP contribution in [0.1, 0.15) is 27.2 Å². The molecule has 0 spiro atoms. The van der Waals surface area contributed by atoms with E-state index in [0.29, 0.717) is 19.5 Å². The molecule has 16 heavy (non-hydrogen) atoms. The predicted molar refractivity (Wildman–Crippen MR) is 62.8 cm³/mol. The van der Waals surface area contributed by atoms with Crippen LogP contribution in [-0.4, -0.2) is 35.3 Å². The van der Waals surface area contributed by atoms with Crippen LogP contribution >= 0.6 is 0 Å². The van der Waals surface area contributed by atoms with Crippen LogP contribution in [0.2, 0.25) is 0 Å². The first-order valence-corrected chi connectivity index (χ1v) is 5.55. The number of rotatable bonds is 3. The quantitative estimate of drug-likeness (QED) is 0.725. The monoisotopic (exact) mass is 224 g/mol. The molecule has 4 nitrogen and oxygen atoms in total. The van der Waals surface area contributed by atoms with E-state index in [0.717, 1.165) is 0 Å². The summed E-state index contributed by atoms with van der Waals surface area (Å²) in [6, 6.07) is 0. The molecule has 1 aliphatic heterocycles. The van der Waals surface area contributed by atoms with Crippen LogP contribution in [0.3, 0.4) is 0 Å². The van der Waals surface area contributed by atoms with Crippen LogP contribution < -0.4 is 5.32 Å². The number of carbonyl (C=O) groups is 2. The number of hydrogen-bond acceptors (Lipinski definition) is 2. The van der Waals surface area contributed by atoms with Gasteiger partial charge in [-0.05, 0) is 20.8 Å². The van der Waals surface area contributed by atoms with E-state index in [2.05, 4.69) is 11.9 Å². The second-order valence-corrected chi connectivity index (χ2v) is 5.11. The number of nitrogens with one attached hydrogen (secondary N) is 1. The lowest BCUT2D eigenvalue weighted by Gasteiger charge is -2.36. The van der Waals surface area contributed by atoms with Gasteiger partial charge in [-0.15, -0.1) is 6.58 Å². The topological polar surface area (TPSA) is 49.4 Å². The summed E-state index contributed by atoms with van der Waals surface area (Å²) in [5.74, 6) is -0.219. The number of carbonyl (C=O) groups excluding carboxylic acids is 2. The maximum atomic E-state index is 12.2. The van der Waals surface area contributed by atoms with Gasteiger partial charge in [0.1, 0.15) is 0 Å². The molecule has 0 aromatic rings. The highest BCUT2D eigenvalue weighted by molar-refractivity contribution is 5.89. The second kappa shape index (κ2) is 4.68. The summed E-state index contributed by atoms with van der Waals surface area (Å²) in [6.07, 6.45) is 2.02. The molecular weight excluding hydrogens is 204 g/mol. The first-order valence-electron chi connectivity index (χ1n) is 5.55. The van der Waals surface area contributed by atoms with Crippen LogP contribution in [0.15, 0.2) is 12.7 Å². The summed E-state index contributed by atoms with van der Waals surface area (Å²) in [4.78, 5) is 25.1. The van der Waals surface area contributed by atoms with Crippen LogP contribution in [0.4, 0.5) is 0 Å². The highest BCUT2D eigenvalue weighted by Crippen LogP contribution is 2.20. The summed E-state index contributed by atoms with van der Waals surface area (Å²) in [7, 11) is 0. The van der Waals surface area contributed by atoms with Gasteiger partial charge < -0.3 is 10.2 Å². The Kier molecular flexibility index (Phi) is 3.73. The smallest absolute Gasteiger partial charge is 0.228 e. The minimum Gasteiger partial charge on any atom is -0.355 e. The molecule has 1 N–H and O–H groups in total. The predicted octanol–water partition coefficient (Wildman–Crippen LogP) is 0.936. The summed E-state index contributed by atoms with van der Waals surface area (Å²) < 4.78 is 0. The Hall–Kier alpha value is -1.32. The normalized spacial score (nSPS) is 20.4. The van der Waals surface area contributed by atoms with Crippen LogP contribution in [0.5, 0.6) is 0 Å². The Labute approximate surface area is 96.7 Å². The molecule has 4 heteroatoms. The van der Waals surface area contributed by atoms with Crippen molar-refractivity contribution in [2.75, 3.05) is 13.1 Å². The first kappa shape index (κ1) is 12.7. The minimum atomic E-state index is -0.239. The molecule has 1 heterocycles. The van der Waals surface area contributed by atoms with Crippen molar-refractivity contribution in [1.29, 1.82) is 0 Å². The van der Waals surface area contributed by atoms with Crippen LogP contribution in [-0.2, 0) is 9.59 Å². The first-order chi connectivity index (χ1) is 7.36. The molecule has 1 saturated heterocycles. The largest absolute Gasteiger partial charge is 0.355 e. The average molecular weight is 224 g/mol. The Morgan fingerprint density at radius 1 is 1.62 bits per heavy atom. The molecule has 2 amide bonds. The zero-order valence-electron chi connectivity index (χ0n) is 10.2. The van der Waals surface area contributed by atoms with Gasteiger partial charge in [-0.1, -0.05) is 6.08 Å². The minimum absolute atomic E-state index is 0.0331. The standard InChI is InChI=1S/C12H20N2O2/c1-5-6-14(12(2,3)4)11(16)9-7-10(15)13-8-9/h5,9H,1,6-8H2,2-4H3,(H,13,15). The van der Waals surface area contributed by atoms with Gasteiger partial charge in [-0.25, -0.2) is 0 Å². The molecule has 1 aliphatic rings. The van der Waals surface area contributed by atoms with Crippen molar-refractivity contribution in [3.63, 3.8) is 0 Å². The zero-order valence-corrected chi connectivity index (χ0v) is 10.2. The van der Waals surface area contributed by atoms with Gasteiger partial charge in [0.25, 0.3) is 0 Å². The third kappa shape index (κ3) is 2.84. The van der Waals surface area contributed by atoms with E-state index < -0.39 is 0 Å². The molecule has 0 saturated carbocycles. The molecule has 1 rings (SSSR count). The van der Waals surface area contributed by atoms with Gasteiger partial charge >= 0.3 is 0 Å². The van der Waals surface area contributed by atoms with E-state index in [4.69, 9.17) is 0 Å². The fourth-order valence-electron chi connectivity index (χ4n) is 1.82. The fourth-order valence-corrected chi connectivity index (χ4v) is 1.82. The Morgan fingerprint density at radius 3 is 2.62 bits per heavy atom. The van der Waals surface area contributed by atoms with E-state index >= 15 is 0 Å². The van der Waals surface area contributed by atoms with Crippen molar-refractivity contribution in [3.8, 4) is 0 Å².